The van der Waals surface area contributed by atoms with E-state index < -0.39 is 29.3 Å². The molecule has 6 heterocycles. The van der Waals surface area contributed by atoms with Crippen molar-refractivity contribution in [3.63, 3.8) is 0 Å². The van der Waals surface area contributed by atoms with Gasteiger partial charge in [0.15, 0.2) is 11.6 Å². The van der Waals surface area contributed by atoms with Gasteiger partial charge in [0.1, 0.15) is 29.8 Å². The van der Waals surface area contributed by atoms with Gasteiger partial charge < -0.3 is 14.5 Å². The van der Waals surface area contributed by atoms with Crippen molar-refractivity contribution >= 4 is 39.5 Å². The molecule has 3 saturated heterocycles. The van der Waals surface area contributed by atoms with Crippen LogP contribution in [0, 0.1) is 18.2 Å². The summed E-state index contributed by atoms with van der Waals surface area (Å²) < 4.78 is 52.8. The monoisotopic (exact) mass is 703 g/mol. The Morgan fingerprint density at radius 2 is 1.88 bits per heavy atom. The van der Waals surface area contributed by atoms with E-state index in [1.54, 1.807) is 36.5 Å². The van der Waals surface area contributed by atoms with Crippen molar-refractivity contribution in [2.75, 3.05) is 50.8 Å². The summed E-state index contributed by atoms with van der Waals surface area (Å²) in [5, 5.41) is 1.91. The maximum Gasteiger partial charge on any atom is 0.319 e. The number of hydrogen-bond acceptors (Lipinski definition) is 8. The summed E-state index contributed by atoms with van der Waals surface area (Å²) in [4.78, 5) is 36.7. The van der Waals surface area contributed by atoms with E-state index in [1.807, 2.05) is 29.2 Å². The van der Waals surface area contributed by atoms with Crippen LogP contribution in [0.5, 0.6) is 6.01 Å². The van der Waals surface area contributed by atoms with Crippen LogP contribution in [0.1, 0.15) is 36.9 Å². The molecule has 12 heteroatoms. The van der Waals surface area contributed by atoms with E-state index in [0.29, 0.717) is 65.9 Å². The van der Waals surface area contributed by atoms with Gasteiger partial charge in [-0.15, -0.1) is 6.42 Å². The van der Waals surface area contributed by atoms with E-state index in [2.05, 4.69) is 25.8 Å². The minimum atomic E-state index is -0.942. The van der Waals surface area contributed by atoms with Gasteiger partial charge in [-0.25, -0.2) is 13.2 Å². The van der Waals surface area contributed by atoms with Crippen molar-refractivity contribution in [3.05, 3.63) is 89.9 Å². The third kappa shape index (κ3) is 6.19. The molecule has 2 atom stereocenters. The molecule has 9 nitrogen and oxygen atoms in total. The van der Waals surface area contributed by atoms with E-state index in [0.717, 1.165) is 30.8 Å². The van der Waals surface area contributed by atoms with Gasteiger partial charge >= 0.3 is 6.01 Å². The van der Waals surface area contributed by atoms with Crippen LogP contribution in [-0.4, -0.2) is 93.2 Å². The van der Waals surface area contributed by atoms with Crippen LogP contribution < -0.4 is 9.64 Å². The standard InChI is InChI=1S/C40H36F3N7O2/c1-2-26-9-5-10-27-11-6-13-30(33(26)27)35-34(43)36-31(23-45-35)37(47-39(46-36)52-25-40-14-7-18-50(40)24-28(41)22-40)48-16-8-17-49(20-19-48)38(51)32(42)21-29-12-3-4-15-44-29/h1,3-6,9-13,15,21,23,28H,7-8,14,16-20,22,24-25H2/b32-21-/t28?,40-/m0/s1. The Kier molecular flexibility index (Phi) is 8.97. The fourth-order valence-corrected chi connectivity index (χ4v) is 7.96. The number of pyridine rings is 2. The fraction of sp³-hybridized carbons (Fsp3) is 0.325. The third-order valence-corrected chi connectivity index (χ3v) is 10.4. The average molecular weight is 704 g/mol. The quantitative estimate of drug-likeness (QED) is 0.143. The predicted octanol–water partition coefficient (Wildman–Crippen LogP) is 6.36. The van der Waals surface area contributed by atoms with Gasteiger partial charge in [0.2, 0.25) is 0 Å². The molecule has 1 amide bonds. The van der Waals surface area contributed by atoms with E-state index in [1.165, 1.54) is 11.1 Å². The van der Waals surface area contributed by atoms with Crippen molar-refractivity contribution < 1.29 is 22.7 Å². The molecule has 3 fully saturated rings. The van der Waals surface area contributed by atoms with Crippen LogP contribution in [0.3, 0.4) is 0 Å². The Bertz CT molecular complexity index is 2240. The summed E-state index contributed by atoms with van der Waals surface area (Å²) in [7, 11) is 0. The number of aromatic nitrogens is 4. The van der Waals surface area contributed by atoms with Crippen molar-refractivity contribution in [1.82, 2.24) is 29.7 Å². The Labute approximate surface area is 299 Å². The maximum absolute atomic E-state index is 16.9. The Balaban J connectivity index is 1.16. The number of anilines is 1. The molecule has 3 aliphatic heterocycles. The zero-order chi connectivity index (χ0) is 35.8. The van der Waals surface area contributed by atoms with Gasteiger partial charge in [0, 0.05) is 74.1 Å². The first-order valence-electron chi connectivity index (χ1n) is 17.5. The summed E-state index contributed by atoms with van der Waals surface area (Å²) in [6.07, 6.45) is 11.7. The zero-order valence-corrected chi connectivity index (χ0v) is 28.4. The molecule has 0 radical (unpaired) electrons. The number of ether oxygens (including phenoxy) is 1. The molecule has 2 aromatic carbocycles. The van der Waals surface area contributed by atoms with Crippen LogP contribution in [0.25, 0.3) is 39.0 Å². The Morgan fingerprint density at radius 1 is 1.02 bits per heavy atom. The SMILES string of the molecule is C#Cc1cccc2cccc(-c3ncc4c(N5CCCN(C(=O)/C(F)=C/c6ccccn6)CC5)nc(OC[C@@]56CCCN5CC(F)C6)nc4c3F)c12. The van der Waals surface area contributed by atoms with Gasteiger partial charge in [0.25, 0.3) is 5.91 Å². The molecule has 52 heavy (non-hydrogen) atoms. The molecular formula is C40H36F3N7O2. The first-order valence-corrected chi connectivity index (χ1v) is 17.5. The highest BCUT2D eigenvalue weighted by Gasteiger charge is 2.49. The molecule has 5 aromatic rings. The number of rotatable bonds is 7. The topological polar surface area (TPSA) is 87.6 Å². The van der Waals surface area contributed by atoms with Crippen molar-refractivity contribution in [1.29, 1.82) is 0 Å². The summed E-state index contributed by atoms with van der Waals surface area (Å²) in [5.41, 5.74) is 1.11. The molecule has 3 aliphatic rings. The summed E-state index contributed by atoms with van der Waals surface area (Å²) >= 11 is 0. The number of halogens is 3. The highest BCUT2D eigenvalue weighted by Crippen LogP contribution is 2.41. The number of fused-ring (bicyclic) bond motifs is 3. The van der Waals surface area contributed by atoms with E-state index in [4.69, 9.17) is 16.1 Å². The predicted molar refractivity (Wildman–Crippen MR) is 193 cm³/mol. The second-order valence-electron chi connectivity index (χ2n) is 13.6. The van der Waals surface area contributed by atoms with Gasteiger partial charge in [0.05, 0.1) is 16.6 Å². The van der Waals surface area contributed by atoms with Crippen LogP contribution >= 0.6 is 0 Å². The number of hydrogen-bond donors (Lipinski definition) is 0. The first kappa shape index (κ1) is 33.6. The number of terminal acetylenes is 1. The maximum atomic E-state index is 16.9. The minimum Gasteiger partial charge on any atom is -0.461 e. The largest absolute Gasteiger partial charge is 0.461 e. The normalized spacial score (nSPS) is 21.0. The lowest BCUT2D eigenvalue weighted by Gasteiger charge is -2.31. The van der Waals surface area contributed by atoms with Crippen molar-refractivity contribution in [3.8, 4) is 29.6 Å². The highest BCUT2D eigenvalue weighted by molar-refractivity contribution is 6.02. The molecule has 0 bridgehead atoms. The van der Waals surface area contributed by atoms with Gasteiger partial charge in [-0.1, -0.05) is 42.3 Å². The lowest BCUT2D eigenvalue weighted by atomic mass is 9.95. The molecule has 8 rings (SSSR count). The molecule has 0 aliphatic carbocycles. The Hall–Kier alpha value is -5.54. The smallest absolute Gasteiger partial charge is 0.319 e. The zero-order valence-electron chi connectivity index (χ0n) is 28.4. The number of amides is 1. The van der Waals surface area contributed by atoms with Crippen LogP contribution in [0.4, 0.5) is 19.0 Å². The van der Waals surface area contributed by atoms with Crippen molar-refractivity contribution in [2.45, 2.75) is 37.4 Å². The van der Waals surface area contributed by atoms with Crippen LogP contribution in [-0.2, 0) is 4.79 Å². The summed E-state index contributed by atoms with van der Waals surface area (Å²) in [6.45, 7) is 2.55. The lowest BCUT2D eigenvalue weighted by molar-refractivity contribution is -0.128. The van der Waals surface area contributed by atoms with Crippen molar-refractivity contribution in [2.24, 2.45) is 0 Å². The highest BCUT2D eigenvalue weighted by atomic mass is 19.1. The third-order valence-electron chi connectivity index (χ3n) is 10.4. The fourth-order valence-electron chi connectivity index (χ4n) is 7.96. The van der Waals surface area contributed by atoms with Crippen LogP contribution in [0.2, 0.25) is 0 Å². The molecule has 3 aromatic heterocycles. The number of alkyl halides is 1. The number of carbonyl (C=O) groups excluding carboxylic acids is 1. The second-order valence-corrected chi connectivity index (χ2v) is 13.6. The molecular weight excluding hydrogens is 667 g/mol. The summed E-state index contributed by atoms with van der Waals surface area (Å²) in [6, 6.07) is 16.1. The van der Waals surface area contributed by atoms with Crippen LogP contribution in [0.15, 0.2) is 72.8 Å². The average Bonchev–Trinajstić information content (AvgIpc) is 3.57. The molecule has 0 saturated carbocycles. The minimum absolute atomic E-state index is 0.0114. The molecule has 0 spiro atoms. The lowest BCUT2D eigenvalue weighted by Crippen LogP contribution is -2.43. The van der Waals surface area contributed by atoms with Gasteiger partial charge in [-0.3, -0.25) is 19.7 Å². The number of carbonyl (C=O) groups is 1. The number of nitrogens with zero attached hydrogens (tertiary/aromatic N) is 7. The molecule has 0 N–H and O–H groups in total. The molecule has 1 unspecified atom stereocenters. The second kappa shape index (κ2) is 13.9. The Morgan fingerprint density at radius 3 is 2.71 bits per heavy atom. The number of benzene rings is 2. The van der Waals surface area contributed by atoms with E-state index >= 15 is 8.78 Å². The van der Waals surface area contributed by atoms with E-state index in [9.17, 15) is 9.18 Å². The summed E-state index contributed by atoms with van der Waals surface area (Å²) in [5.74, 6) is 0.793. The van der Waals surface area contributed by atoms with E-state index in [-0.39, 0.29) is 36.9 Å². The first-order chi connectivity index (χ1) is 25.3. The molecule has 264 valence electrons. The van der Waals surface area contributed by atoms with Gasteiger partial charge in [-0.2, -0.15) is 9.97 Å². The van der Waals surface area contributed by atoms with Gasteiger partial charge in [-0.05, 0) is 49.4 Å².